The summed E-state index contributed by atoms with van der Waals surface area (Å²) in [5.74, 6) is 0.168. The molecule has 1 aliphatic heterocycles. The molecule has 23 heavy (non-hydrogen) atoms. The molecular formula is C19H16N2O2. The number of fused-ring (bicyclic) bond motifs is 1. The van der Waals surface area contributed by atoms with Crippen LogP contribution in [0.4, 0.5) is 5.69 Å². The van der Waals surface area contributed by atoms with Crippen LogP contribution >= 0.6 is 0 Å². The maximum Gasteiger partial charge on any atom is 0.296 e. The summed E-state index contributed by atoms with van der Waals surface area (Å²) in [6.45, 7) is 0.699. The van der Waals surface area contributed by atoms with Crippen molar-refractivity contribution in [3.8, 4) is 11.3 Å². The minimum absolute atomic E-state index is 0.131. The zero-order valence-corrected chi connectivity index (χ0v) is 12.6. The lowest BCUT2D eigenvalue weighted by Gasteiger charge is -2.28. The van der Waals surface area contributed by atoms with E-state index in [0.29, 0.717) is 18.0 Å². The molecular weight excluding hydrogens is 288 g/mol. The molecule has 1 aromatic heterocycles. The standard InChI is InChI=1S/C19H16N2O2/c22-19(21-12-6-10-14-7-4-5-11-16(14)21)18-17(20-13-23-18)15-8-2-1-3-9-15/h1-5,7-9,11,13H,6,10,12H2. The number of rotatable bonds is 2. The summed E-state index contributed by atoms with van der Waals surface area (Å²) in [5.41, 5.74) is 3.65. The van der Waals surface area contributed by atoms with Crippen molar-refractivity contribution in [3.63, 3.8) is 0 Å². The Labute approximate surface area is 134 Å². The molecule has 0 saturated heterocycles. The predicted octanol–water partition coefficient (Wildman–Crippen LogP) is 3.93. The third-order valence-corrected chi connectivity index (χ3v) is 4.16. The second-order valence-corrected chi connectivity index (χ2v) is 5.59. The van der Waals surface area contributed by atoms with E-state index >= 15 is 0 Å². The molecule has 2 aromatic carbocycles. The summed E-state index contributed by atoms with van der Waals surface area (Å²) in [4.78, 5) is 19.1. The monoisotopic (exact) mass is 304 g/mol. The van der Waals surface area contributed by atoms with Gasteiger partial charge in [0.2, 0.25) is 5.76 Å². The van der Waals surface area contributed by atoms with E-state index in [1.165, 1.54) is 12.0 Å². The van der Waals surface area contributed by atoms with E-state index in [2.05, 4.69) is 11.1 Å². The summed E-state index contributed by atoms with van der Waals surface area (Å²) in [6.07, 6.45) is 3.30. The third-order valence-electron chi connectivity index (χ3n) is 4.16. The lowest BCUT2D eigenvalue weighted by Crippen LogP contribution is -2.35. The van der Waals surface area contributed by atoms with Gasteiger partial charge in [-0.25, -0.2) is 4.98 Å². The van der Waals surface area contributed by atoms with Crippen LogP contribution in [0.5, 0.6) is 0 Å². The number of aromatic nitrogens is 1. The normalized spacial score (nSPS) is 13.7. The highest BCUT2D eigenvalue weighted by Crippen LogP contribution is 2.30. The van der Waals surface area contributed by atoms with Crippen molar-refractivity contribution >= 4 is 11.6 Å². The van der Waals surface area contributed by atoms with Crippen molar-refractivity contribution in [1.82, 2.24) is 4.98 Å². The van der Waals surface area contributed by atoms with E-state index in [1.54, 1.807) is 4.90 Å². The van der Waals surface area contributed by atoms with E-state index in [1.807, 2.05) is 48.5 Å². The smallest absolute Gasteiger partial charge is 0.296 e. The zero-order valence-electron chi connectivity index (χ0n) is 12.6. The van der Waals surface area contributed by atoms with Gasteiger partial charge < -0.3 is 9.32 Å². The Morgan fingerprint density at radius 3 is 2.70 bits per heavy atom. The molecule has 0 saturated carbocycles. The molecule has 0 radical (unpaired) electrons. The summed E-state index contributed by atoms with van der Waals surface area (Å²) >= 11 is 0. The maximum atomic E-state index is 13.0. The van der Waals surface area contributed by atoms with E-state index in [0.717, 1.165) is 24.1 Å². The van der Waals surface area contributed by atoms with Crippen molar-refractivity contribution in [2.45, 2.75) is 12.8 Å². The number of carbonyl (C=O) groups is 1. The first-order chi connectivity index (χ1) is 11.3. The molecule has 0 atom stereocenters. The number of carbonyl (C=O) groups excluding carboxylic acids is 1. The first-order valence-electron chi connectivity index (χ1n) is 7.73. The molecule has 1 aliphatic rings. The van der Waals surface area contributed by atoms with E-state index in [9.17, 15) is 4.79 Å². The van der Waals surface area contributed by atoms with Gasteiger partial charge in [-0.2, -0.15) is 0 Å². The molecule has 1 amide bonds. The van der Waals surface area contributed by atoms with Crippen LogP contribution in [0, 0.1) is 0 Å². The maximum absolute atomic E-state index is 13.0. The molecule has 4 nitrogen and oxygen atoms in total. The first-order valence-corrected chi connectivity index (χ1v) is 7.73. The lowest BCUT2D eigenvalue weighted by atomic mass is 10.0. The van der Waals surface area contributed by atoms with Crippen LogP contribution in [-0.2, 0) is 6.42 Å². The topological polar surface area (TPSA) is 46.3 Å². The van der Waals surface area contributed by atoms with Crippen LogP contribution in [0.15, 0.2) is 65.4 Å². The Hall–Kier alpha value is -2.88. The number of hydrogen-bond donors (Lipinski definition) is 0. The Kier molecular flexibility index (Phi) is 3.42. The van der Waals surface area contributed by atoms with Gasteiger partial charge >= 0.3 is 0 Å². The Morgan fingerprint density at radius 2 is 1.83 bits per heavy atom. The second kappa shape index (κ2) is 5.72. The van der Waals surface area contributed by atoms with Gasteiger partial charge in [0.05, 0.1) is 0 Å². The number of hydrogen-bond acceptors (Lipinski definition) is 3. The SMILES string of the molecule is O=C(c1ocnc1-c1ccccc1)N1CCCc2ccccc21. The molecule has 0 spiro atoms. The average Bonchev–Trinajstić information content (AvgIpc) is 3.11. The van der Waals surface area contributed by atoms with Crippen molar-refractivity contribution < 1.29 is 9.21 Å². The van der Waals surface area contributed by atoms with E-state index in [-0.39, 0.29) is 5.91 Å². The highest BCUT2D eigenvalue weighted by molar-refractivity contribution is 6.08. The van der Waals surface area contributed by atoms with Crippen LogP contribution in [0.25, 0.3) is 11.3 Å². The van der Waals surface area contributed by atoms with Gasteiger partial charge in [0.1, 0.15) is 5.69 Å². The number of aryl methyl sites for hydroxylation is 1. The van der Waals surface area contributed by atoms with Gasteiger partial charge in [-0.3, -0.25) is 4.79 Å². The highest BCUT2D eigenvalue weighted by atomic mass is 16.3. The van der Waals surface area contributed by atoms with Crippen molar-refractivity contribution in [2.24, 2.45) is 0 Å². The van der Waals surface area contributed by atoms with E-state index < -0.39 is 0 Å². The molecule has 0 unspecified atom stereocenters. The highest BCUT2D eigenvalue weighted by Gasteiger charge is 2.28. The Morgan fingerprint density at radius 1 is 1.04 bits per heavy atom. The largest absolute Gasteiger partial charge is 0.438 e. The number of nitrogens with zero attached hydrogens (tertiary/aromatic N) is 2. The number of benzene rings is 2. The number of anilines is 1. The van der Waals surface area contributed by atoms with Crippen LogP contribution in [0.3, 0.4) is 0 Å². The summed E-state index contributed by atoms with van der Waals surface area (Å²) < 4.78 is 5.45. The summed E-state index contributed by atoms with van der Waals surface area (Å²) in [5, 5.41) is 0. The molecule has 4 heteroatoms. The molecule has 0 N–H and O–H groups in total. The fourth-order valence-electron chi connectivity index (χ4n) is 3.07. The average molecular weight is 304 g/mol. The van der Waals surface area contributed by atoms with Gasteiger partial charge in [-0.1, -0.05) is 48.5 Å². The van der Waals surface area contributed by atoms with Crippen LogP contribution in [-0.4, -0.2) is 17.4 Å². The predicted molar refractivity (Wildman–Crippen MR) is 88.4 cm³/mol. The van der Waals surface area contributed by atoms with Gasteiger partial charge in [-0.05, 0) is 24.5 Å². The number of para-hydroxylation sites is 1. The quantitative estimate of drug-likeness (QED) is 0.720. The minimum atomic E-state index is -0.131. The Bertz CT molecular complexity index is 839. The molecule has 2 heterocycles. The lowest BCUT2D eigenvalue weighted by molar-refractivity contribution is 0.0959. The van der Waals surface area contributed by atoms with Crippen LogP contribution < -0.4 is 4.90 Å². The second-order valence-electron chi connectivity index (χ2n) is 5.59. The van der Waals surface area contributed by atoms with Gasteiger partial charge in [0.15, 0.2) is 6.39 Å². The van der Waals surface area contributed by atoms with Crippen LogP contribution in [0.1, 0.15) is 22.5 Å². The number of amides is 1. The fraction of sp³-hybridized carbons (Fsp3) is 0.158. The third kappa shape index (κ3) is 2.42. The summed E-state index contributed by atoms with van der Waals surface area (Å²) in [6, 6.07) is 17.7. The molecule has 3 aromatic rings. The van der Waals surface area contributed by atoms with Crippen LogP contribution in [0.2, 0.25) is 0 Å². The van der Waals surface area contributed by atoms with Crippen molar-refractivity contribution in [2.75, 3.05) is 11.4 Å². The minimum Gasteiger partial charge on any atom is -0.438 e. The molecule has 0 aliphatic carbocycles. The van der Waals surface area contributed by atoms with Crippen molar-refractivity contribution in [3.05, 3.63) is 72.3 Å². The molecule has 114 valence electrons. The molecule has 4 rings (SSSR count). The molecule has 0 fully saturated rings. The molecule has 0 bridgehead atoms. The van der Waals surface area contributed by atoms with Gasteiger partial charge in [-0.15, -0.1) is 0 Å². The first kappa shape index (κ1) is 13.8. The van der Waals surface area contributed by atoms with E-state index in [4.69, 9.17) is 4.42 Å². The van der Waals surface area contributed by atoms with Crippen molar-refractivity contribution in [1.29, 1.82) is 0 Å². The Balaban J connectivity index is 1.74. The van der Waals surface area contributed by atoms with Gasteiger partial charge in [0, 0.05) is 17.8 Å². The van der Waals surface area contributed by atoms with Gasteiger partial charge in [0.25, 0.3) is 5.91 Å². The number of oxazole rings is 1. The fourth-order valence-corrected chi connectivity index (χ4v) is 3.07. The summed E-state index contributed by atoms with van der Waals surface area (Å²) in [7, 11) is 0. The zero-order chi connectivity index (χ0) is 15.6.